The average Bonchev–Trinajstić information content (AvgIpc) is 3.05. The molecule has 148 valence electrons. The minimum absolute atomic E-state index is 0.109. The third-order valence-corrected chi connectivity index (χ3v) is 4.27. The van der Waals surface area contributed by atoms with Crippen LogP contribution in [-0.4, -0.2) is 39.5 Å². The SMILES string of the molecule is Cc1nc(-c2ccc(C(=O)OCC(=O)Nc3ccc(C(=O)O)cc3)cc2)[nH]c1C. The van der Waals surface area contributed by atoms with Crippen molar-refractivity contribution in [2.24, 2.45) is 0 Å². The molecule has 0 saturated carbocycles. The van der Waals surface area contributed by atoms with E-state index in [0.29, 0.717) is 17.1 Å². The summed E-state index contributed by atoms with van der Waals surface area (Å²) in [7, 11) is 0. The lowest BCUT2D eigenvalue weighted by Gasteiger charge is -2.07. The van der Waals surface area contributed by atoms with Gasteiger partial charge in [-0.25, -0.2) is 14.6 Å². The maximum atomic E-state index is 12.1. The van der Waals surface area contributed by atoms with Gasteiger partial charge in [0.1, 0.15) is 5.82 Å². The Hall–Kier alpha value is -3.94. The van der Waals surface area contributed by atoms with Gasteiger partial charge in [0.15, 0.2) is 6.61 Å². The van der Waals surface area contributed by atoms with E-state index < -0.39 is 24.5 Å². The Morgan fingerprint density at radius 2 is 1.62 bits per heavy atom. The maximum Gasteiger partial charge on any atom is 0.338 e. The molecule has 3 N–H and O–H groups in total. The van der Waals surface area contributed by atoms with Crippen LogP contribution in [0.3, 0.4) is 0 Å². The first-order chi connectivity index (χ1) is 13.8. The number of rotatable bonds is 6. The zero-order chi connectivity index (χ0) is 21.0. The summed E-state index contributed by atoms with van der Waals surface area (Å²) < 4.78 is 5.02. The number of ether oxygens (including phenoxy) is 1. The van der Waals surface area contributed by atoms with Gasteiger partial charge in [-0.05, 0) is 50.2 Å². The number of aryl methyl sites for hydroxylation is 2. The molecule has 3 aromatic rings. The van der Waals surface area contributed by atoms with Crippen molar-refractivity contribution >= 4 is 23.5 Å². The van der Waals surface area contributed by atoms with E-state index in [1.54, 1.807) is 24.3 Å². The van der Waals surface area contributed by atoms with Crippen LogP contribution in [0.5, 0.6) is 0 Å². The van der Waals surface area contributed by atoms with E-state index in [9.17, 15) is 14.4 Å². The Bertz CT molecular complexity index is 1030. The van der Waals surface area contributed by atoms with Gasteiger partial charge < -0.3 is 20.1 Å². The van der Waals surface area contributed by atoms with Gasteiger partial charge in [-0.1, -0.05) is 12.1 Å². The van der Waals surface area contributed by atoms with Gasteiger partial charge in [0.05, 0.1) is 16.8 Å². The number of imidazole rings is 1. The van der Waals surface area contributed by atoms with Crippen LogP contribution in [-0.2, 0) is 9.53 Å². The molecule has 1 aromatic heterocycles. The standard InChI is InChI=1S/C21H19N3O5/c1-12-13(2)23-19(22-12)14-3-5-16(6-4-14)21(28)29-11-18(25)24-17-9-7-15(8-10-17)20(26)27/h3-10H,11H2,1-2H3,(H,22,23)(H,24,25)(H,26,27). The van der Waals surface area contributed by atoms with Crippen LogP contribution in [0.1, 0.15) is 32.1 Å². The Kier molecular flexibility index (Phi) is 5.73. The molecule has 0 aliphatic carbocycles. The summed E-state index contributed by atoms with van der Waals surface area (Å²) in [6.07, 6.45) is 0. The first-order valence-corrected chi connectivity index (χ1v) is 8.77. The number of benzene rings is 2. The van der Waals surface area contributed by atoms with Gasteiger partial charge in [0, 0.05) is 16.9 Å². The molecule has 0 fully saturated rings. The lowest BCUT2D eigenvalue weighted by molar-refractivity contribution is -0.119. The van der Waals surface area contributed by atoms with Crippen molar-refractivity contribution in [1.29, 1.82) is 0 Å². The summed E-state index contributed by atoms with van der Waals surface area (Å²) in [6.45, 7) is 3.38. The van der Waals surface area contributed by atoms with Crippen LogP contribution in [0.25, 0.3) is 11.4 Å². The maximum absolute atomic E-state index is 12.1. The lowest BCUT2D eigenvalue weighted by atomic mass is 10.1. The molecule has 29 heavy (non-hydrogen) atoms. The topological polar surface area (TPSA) is 121 Å². The average molecular weight is 393 g/mol. The van der Waals surface area contributed by atoms with Crippen molar-refractivity contribution in [1.82, 2.24) is 9.97 Å². The zero-order valence-electron chi connectivity index (χ0n) is 15.9. The zero-order valence-corrected chi connectivity index (χ0v) is 15.9. The third kappa shape index (κ3) is 4.86. The van der Waals surface area contributed by atoms with Crippen LogP contribution in [0, 0.1) is 13.8 Å². The highest BCUT2D eigenvalue weighted by Crippen LogP contribution is 2.18. The molecule has 1 heterocycles. The number of carboxylic acids is 1. The fraction of sp³-hybridized carbons (Fsp3) is 0.143. The molecule has 0 spiro atoms. The molecule has 2 aromatic carbocycles. The van der Waals surface area contributed by atoms with E-state index >= 15 is 0 Å². The monoisotopic (exact) mass is 393 g/mol. The Balaban J connectivity index is 1.54. The fourth-order valence-corrected chi connectivity index (χ4v) is 2.56. The van der Waals surface area contributed by atoms with E-state index in [4.69, 9.17) is 9.84 Å². The number of carbonyl (C=O) groups excluding carboxylic acids is 2. The van der Waals surface area contributed by atoms with Crippen molar-refractivity contribution < 1.29 is 24.2 Å². The normalized spacial score (nSPS) is 10.4. The van der Waals surface area contributed by atoms with Crippen molar-refractivity contribution in [3.63, 3.8) is 0 Å². The van der Waals surface area contributed by atoms with E-state index in [0.717, 1.165) is 17.0 Å². The highest BCUT2D eigenvalue weighted by atomic mass is 16.5. The van der Waals surface area contributed by atoms with Crippen molar-refractivity contribution in [3.05, 3.63) is 71.0 Å². The molecule has 0 aliphatic rings. The predicted molar refractivity (Wildman–Crippen MR) is 106 cm³/mol. The fourth-order valence-electron chi connectivity index (χ4n) is 2.56. The summed E-state index contributed by atoms with van der Waals surface area (Å²) in [4.78, 5) is 42.5. The number of H-pyrrole nitrogens is 1. The lowest BCUT2D eigenvalue weighted by Crippen LogP contribution is -2.21. The number of aromatic carboxylic acids is 1. The number of aromatic amines is 1. The highest BCUT2D eigenvalue weighted by molar-refractivity contribution is 5.96. The number of aromatic nitrogens is 2. The molecular weight excluding hydrogens is 374 g/mol. The first kappa shape index (κ1) is 19.8. The van der Waals surface area contributed by atoms with E-state index in [-0.39, 0.29) is 5.56 Å². The summed E-state index contributed by atoms with van der Waals surface area (Å²) in [5, 5.41) is 11.4. The predicted octanol–water partition coefficient (Wildman–Crippen LogP) is 3.19. The van der Waals surface area contributed by atoms with Crippen LogP contribution in [0.15, 0.2) is 48.5 Å². The van der Waals surface area contributed by atoms with Crippen molar-refractivity contribution in [2.75, 3.05) is 11.9 Å². The molecule has 1 amide bonds. The summed E-state index contributed by atoms with van der Waals surface area (Å²) in [5.74, 6) is -1.49. The molecule has 0 atom stereocenters. The quantitative estimate of drug-likeness (QED) is 0.553. The van der Waals surface area contributed by atoms with Crippen molar-refractivity contribution in [2.45, 2.75) is 13.8 Å². The first-order valence-electron chi connectivity index (χ1n) is 8.77. The van der Waals surface area contributed by atoms with Crippen LogP contribution in [0.2, 0.25) is 0 Å². The number of nitrogens with zero attached hydrogens (tertiary/aromatic N) is 1. The molecule has 8 nitrogen and oxygen atoms in total. The van der Waals surface area contributed by atoms with E-state index in [1.807, 2.05) is 13.8 Å². The summed E-state index contributed by atoms with van der Waals surface area (Å²) in [5.41, 5.74) is 3.55. The Morgan fingerprint density at radius 3 is 2.17 bits per heavy atom. The number of carboxylic acid groups (broad SMARTS) is 1. The Morgan fingerprint density at radius 1 is 1.00 bits per heavy atom. The summed E-state index contributed by atoms with van der Waals surface area (Å²) in [6, 6.07) is 12.4. The van der Waals surface area contributed by atoms with Gasteiger partial charge in [0.25, 0.3) is 5.91 Å². The molecule has 0 saturated heterocycles. The number of amides is 1. The summed E-state index contributed by atoms with van der Waals surface area (Å²) >= 11 is 0. The van der Waals surface area contributed by atoms with E-state index in [2.05, 4.69) is 15.3 Å². The van der Waals surface area contributed by atoms with Gasteiger partial charge in [-0.15, -0.1) is 0 Å². The second-order valence-corrected chi connectivity index (χ2v) is 6.38. The molecule has 0 bridgehead atoms. The number of esters is 1. The minimum Gasteiger partial charge on any atom is -0.478 e. The van der Waals surface area contributed by atoms with Crippen molar-refractivity contribution in [3.8, 4) is 11.4 Å². The third-order valence-electron chi connectivity index (χ3n) is 4.27. The molecule has 3 rings (SSSR count). The molecule has 8 heteroatoms. The molecule has 0 radical (unpaired) electrons. The number of hydrogen-bond acceptors (Lipinski definition) is 5. The number of anilines is 1. The minimum atomic E-state index is -1.06. The van der Waals surface area contributed by atoms with Gasteiger partial charge >= 0.3 is 11.9 Å². The van der Waals surface area contributed by atoms with Crippen LogP contribution in [0.4, 0.5) is 5.69 Å². The second-order valence-electron chi connectivity index (χ2n) is 6.38. The number of carbonyl (C=O) groups is 3. The smallest absolute Gasteiger partial charge is 0.338 e. The molecular formula is C21H19N3O5. The van der Waals surface area contributed by atoms with Gasteiger partial charge in [-0.3, -0.25) is 4.79 Å². The second kappa shape index (κ2) is 8.39. The van der Waals surface area contributed by atoms with Crippen LogP contribution < -0.4 is 5.32 Å². The Labute approximate surface area is 166 Å². The highest BCUT2D eigenvalue weighted by Gasteiger charge is 2.12. The van der Waals surface area contributed by atoms with E-state index in [1.165, 1.54) is 24.3 Å². The molecule has 0 aliphatic heterocycles. The largest absolute Gasteiger partial charge is 0.478 e. The number of nitrogens with one attached hydrogen (secondary N) is 2. The number of hydrogen-bond donors (Lipinski definition) is 3. The van der Waals surface area contributed by atoms with Gasteiger partial charge in [-0.2, -0.15) is 0 Å². The molecule has 0 unspecified atom stereocenters. The van der Waals surface area contributed by atoms with Crippen LogP contribution >= 0.6 is 0 Å². The van der Waals surface area contributed by atoms with Gasteiger partial charge in [0.2, 0.25) is 0 Å².